The Hall–Kier alpha value is -3.28. The molecule has 0 spiro atoms. The number of benzene rings is 2. The molecule has 114 valence electrons. The molecule has 1 aliphatic heterocycles. The van der Waals surface area contributed by atoms with Crippen LogP contribution in [0, 0.1) is 10.1 Å². The minimum atomic E-state index is -0.440. The molecule has 0 saturated heterocycles. The number of aliphatic imine (C=N–C) groups is 1. The van der Waals surface area contributed by atoms with Crippen LogP contribution in [0.3, 0.4) is 0 Å². The molecule has 2 aromatic carbocycles. The number of hydrogen-bond acceptors (Lipinski definition) is 4. The number of carbonyl (C=O) groups excluding carboxylic acids is 1. The van der Waals surface area contributed by atoms with Gasteiger partial charge in [-0.05, 0) is 23.8 Å². The number of nitro groups is 1. The SMILES string of the molecule is O=C1CC(/C=C/c2cccc([N+](=O)[O-])c2)=Nc2ccccc2N1. The Morgan fingerprint density at radius 2 is 1.96 bits per heavy atom. The average molecular weight is 307 g/mol. The van der Waals surface area contributed by atoms with Crippen molar-refractivity contribution < 1.29 is 9.72 Å². The van der Waals surface area contributed by atoms with Gasteiger partial charge in [-0.2, -0.15) is 0 Å². The second-order valence-electron chi connectivity index (χ2n) is 5.03. The number of hydrogen-bond donors (Lipinski definition) is 1. The van der Waals surface area contributed by atoms with Crippen LogP contribution in [-0.4, -0.2) is 16.5 Å². The topological polar surface area (TPSA) is 84.6 Å². The molecular formula is C17H13N3O3. The zero-order valence-electron chi connectivity index (χ0n) is 12.1. The van der Waals surface area contributed by atoms with Crippen LogP contribution in [0.25, 0.3) is 6.08 Å². The van der Waals surface area contributed by atoms with Gasteiger partial charge in [-0.15, -0.1) is 0 Å². The van der Waals surface area contributed by atoms with Crippen molar-refractivity contribution in [2.75, 3.05) is 5.32 Å². The van der Waals surface area contributed by atoms with Crippen LogP contribution >= 0.6 is 0 Å². The van der Waals surface area contributed by atoms with E-state index in [4.69, 9.17) is 0 Å². The average Bonchev–Trinajstić information content (AvgIpc) is 2.70. The fraction of sp³-hybridized carbons (Fsp3) is 0.0588. The van der Waals surface area contributed by atoms with E-state index in [-0.39, 0.29) is 18.0 Å². The smallest absolute Gasteiger partial charge is 0.270 e. The summed E-state index contributed by atoms with van der Waals surface area (Å²) in [6, 6.07) is 13.6. The Balaban J connectivity index is 1.90. The Morgan fingerprint density at radius 1 is 1.13 bits per heavy atom. The Bertz CT molecular complexity index is 840. The van der Waals surface area contributed by atoms with Gasteiger partial charge < -0.3 is 5.32 Å². The van der Waals surface area contributed by atoms with Crippen molar-refractivity contribution in [3.05, 3.63) is 70.3 Å². The Kier molecular flexibility index (Phi) is 3.97. The molecule has 0 aliphatic carbocycles. The molecule has 0 unspecified atom stereocenters. The number of para-hydroxylation sites is 2. The van der Waals surface area contributed by atoms with Crippen LogP contribution in [0.15, 0.2) is 59.6 Å². The molecule has 2 aromatic rings. The van der Waals surface area contributed by atoms with Crippen molar-refractivity contribution in [1.82, 2.24) is 0 Å². The molecule has 0 aromatic heterocycles. The highest BCUT2D eigenvalue weighted by atomic mass is 16.6. The summed E-state index contributed by atoms with van der Waals surface area (Å²) in [5.41, 5.74) is 2.67. The number of rotatable bonds is 3. The molecular weight excluding hydrogens is 294 g/mol. The van der Waals surface area contributed by atoms with Gasteiger partial charge in [0.1, 0.15) is 0 Å². The van der Waals surface area contributed by atoms with E-state index in [1.807, 2.05) is 18.2 Å². The molecule has 0 fully saturated rings. The van der Waals surface area contributed by atoms with Gasteiger partial charge in [0, 0.05) is 12.1 Å². The number of nitrogens with zero attached hydrogens (tertiary/aromatic N) is 2. The van der Waals surface area contributed by atoms with E-state index < -0.39 is 4.92 Å². The highest BCUT2D eigenvalue weighted by Gasteiger charge is 2.13. The zero-order chi connectivity index (χ0) is 16.2. The molecule has 6 heteroatoms. The number of amides is 1. The quantitative estimate of drug-likeness (QED) is 0.692. The lowest BCUT2D eigenvalue weighted by Crippen LogP contribution is -2.13. The number of anilines is 1. The van der Waals surface area contributed by atoms with Gasteiger partial charge in [-0.1, -0.05) is 30.3 Å². The predicted octanol–water partition coefficient (Wildman–Crippen LogP) is 3.72. The Morgan fingerprint density at radius 3 is 2.78 bits per heavy atom. The van der Waals surface area contributed by atoms with Gasteiger partial charge in [0.25, 0.3) is 5.69 Å². The van der Waals surface area contributed by atoms with Gasteiger partial charge >= 0.3 is 0 Å². The van der Waals surface area contributed by atoms with E-state index in [9.17, 15) is 14.9 Å². The molecule has 1 amide bonds. The molecule has 0 saturated carbocycles. The van der Waals surface area contributed by atoms with Crippen molar-refractivity contribution in [2.24, 2.45) is 4.99 Å². The standard InChI is InChI=1S/C17H13N3O3/c21-17-11-13(18-15-6-1-2-7-16(15)19-17)9-8-12-4-3-5-14(10-12)20(22)23/h1-10H,11H2,(H,19,21)/b9-8+. The van der Waals surface area contributed by atoms with E-state index >= 15 is 0 Å². The van der Waals surface area contributed by atoms with Crippen molar-refractivity contribution in [1.29, 1.82) is 0 Å². The summed E-state index contributed by atoms with van der Waals surface area (Å²) in [7, 11) is 0. The predicted molar refractivity (Wildman–Crippen MR) is 88.9 cm³/mol. The highest BCUT2D eigenvalue weighted by molar-refractivity contribution is 6.15. The van der Waals surface area contributed by atoms with Crippen LogP contribution in [0.1, 0.15) is 12.0 Å². The third-order valence-corrected chi connectivity index (χ3v) is 3.33. The van der Waals surface area contributed by atoms with E-state index in [1.54, 1.807) is 30.4 Å². The number of non-ortho nitro benzene ring substituents is 1. The summed E-state index contributed by atoms with van der Waals surface area (Å²) in [5.74, 6) is -0.141. The monoisotopic (exact) mass is 307 g/mol. The first-order valence-corrected chi connectivity index (χ1v) is 7.01. The number of allylic oxidation sites excluding steroid dienone is 1. The molecule has 0 bridgehead atoms. The molecule has 1 N–H and O–H groups in total. The van der Waals surface area contributed by atoms with Gasteiger partial charge in [-0.25, -0.2) is 0 Å². The molecule has 0 atom stereocenters. The summed E-state index contributed by atoms with van der Waals surface area (Å²) < 4.78 is 0. The second-order valence-corrected chi connectivity index (χ2v) is 5.03. The Labute approximate surface area is 132 Å². The lowest BCUT2D eigenvalue weighted by Gasteiger charge is -2.02. The third-order valence-electron chi connectivity index (χ3n) is 3.33. The minimum absolute atomic E-state index is 0.0260. The summed E-state index contributed by atoms with van der Waals surface area (Å²) >= 11 is 0. The van der Waals surface area contributed by atoms with Crippen molar-refractivity contribution >= 4 is 34.8 Å². The van der Waals surface area contributed by atoms with Crippen molar-refractivity contribution in [2.45, 2.75) is 6.42 Å². The van der Waals surface area contributed by atoms with E-state index in [1.165, 1.54) is 12.1 Å². The summed E-state index contributed by atoms with van der Waals surface area (Å²) in [6.07, 6.45) is 3.58. The van der Waals surface area contributed by atoms with E-state index in [0.717, 1.165) is 0 Å². The first-order chi connectivity index (χ1) is 11.1. The summed E-state index contributed by atoms with van der Waals surface area (Å²) in [6.45, 7) is 0. The fourth-order valence-corrected chi connectivity index (χ4v) is 2.26. The normalized spacial score (nSPS) is 13.9. The number of nitro benzene ring substituents is 1. The fourth-order valence-electron chi connectivity index (χ4n) is 2.26. The van der Waals surface area contributed by atoms with Crippen LogP contribution < -0.4 is 5.32 Å². The second kappa shape index (κ2) is 6.23. The number of carbonyl (C=O) groups is 1. The van der Waals surface area contributed by atoms with Gasteiger partial charge in [-0.3, -0.25) is 19.9 Å². The largest absolute Gasteiger partial charge is 0.324 e. The third kappa shape index (κ3) is 3.49. The van der Waals surface area contributed by atoms with Crippen LogP contribution in [-0.2, 0) is 4.79 Å². The molecule has 23 heavy (non-hydrogen) atoms. The maximum Gasteiger partial charge on any atom is 0.270 e. The number of nitrogens with one attached hydrogen (secondary N) is 1. The van der Waals surface area contributed by atoms with Crippen LogP contribution in [0.4, 0.5) is 17.1 Å². The van der Waals surface area contributed by atoms with E-state index in [0.29, 0.717) is 22.6 Å². The molecule has 1 heterocycles. The first-order valence-electron chi connectivity index (χ1n) is 7.01. The van der Waals surface area contributed by atoms with Crippen LogP contribution in [0.2, 0.25) is 0 Å². The summed E-state index contributed by atoms with van der Waals surface area (Å²) in [4.78, 5) is 26.7. The summed E-state index contributed by atoms with van der Waals surface area (Å²) in [5, 5.41) is 13.6. The molecule has 3 rings (SSSR count). The van der Waals surface area contributed by atoms with Crippen LogP contribution in [0.5, 0.6) is 0 Å². The van der Waals surface area contributed by atoms with Gasteiger partial charge in [0.05, 0.1) is 28.4 Å². The highest BCUT2D eigenvalue weighted by Crippen LogP contribution is 2.27. The number of fused-ring (bicyclic) bond motifs is 1. The maximum atomic E-state index is 11.9. The lowest BCUT2D eigenvalue weighted by atomic mass is 10.1. The van der Waals surface area contributed by atoms with Gasteiger partial charge in [0.2, 0.25) is 5.91 Å². The zero-order valence-corrected chi connectivity index (χ0v) is 12.1. The van der Waals surface area contributed by atoms with E-state index in [2.05, 4.69) is 10.3 Å². The van der Waals surface area contributed by atoms with Gasteiger partial charge in [0.15, 0.2) is 0 Å². The molecule has 6 nitrogen and oxygen atoms in total. The molecule has 1 aliphatic rings. The van der Waals surface area contributed by atoms with Crippen molar-refractivity contribution in [3.63, 3.8) is 0 Å². The maximum absolute atomic E-state index is 11.9. The minimum Gasteiger partial charge on any atom is -0.324 e. The lowest BCUT2D eigenvalue weighted by molar-refractivity contribution is -0.384. The molecule has 0 radical (unpaired) electrons. The van der Waals surface area contributed by atoms with Crippen molar-refractivity contribution in [3.8, 4) is 0 Å². The first kappa shape index (κ1) is 14.6.